The van der Waals surface area contributed by atoms with Crippen LogP contribution in [-0.4, -0.2) is 90.4 Å². The van der Waals surface area contributed by atoms with Crippen molar-refractivity contribution in [2.24, 2.45) is 0 Å². The van der Waals surface area contributed by atoms with Gasteiger partial charge in [0.05, 0.1) is 17.9 Å². The van der Waals surface area contributed by atoms with Gasteiger partial charge in [0, 0.05) is 87.7 Å². The number of imidazole rings is 1. The van der Waals surface area contributed by atoms with Gasteiger partial charge >= 0.3 is 6.36 Å². The zero-order valence-electron chi connectivity index (χ0n) is 27.0. The molecule has 0 spiro atoms. The standard InChI is InChI=1S/C37H38F3N7O2/c38-37(39,40)49-32-15-13-31(14-16-32)46-24-20-44(21-25-46)27-35(48)41-29-11-9-28(10-12-29)36-33(47-17-5-4-8-34(47)42-36)26-43-18-22-45(23-19-43)30-6-2-1-3-7-30/h1-17H,18-27H2,(H,41,48). The van der Waals surface area contributed by atoms with Crippen LogP contribution in [0.4, 0.5) is 30.2 Å². The van der Waals surface area contributed by atoms with Crippen LogP contribution in [-0.2, 0) is 11.3 Å². The average molecular weight is 670 g/mol. The average Bonchev–Trinajstić information content (AvgIpc) is 3.47. The number of aromatic nitrogens is 2. The van der Waals surface area contributed by atoms with Gasteiger partial charge < -0.3 is 24.3 Å². The first-order chi connectivity index (χ1) is 23.8. The molecule has 9 nitrogen and oxygen atoms in total. The van der Waals surface area contributed by atoms with Crippen LogP contribution < -0.4 is 19.9 Å². The number of carbonyl (C=O) groups is 1. The van der Waals surface area contributed by atoms with E-state index in [0.717, 1.165) is 66.7 Å². The smallest absolute Gasteiger partial charge is 0.406 e. The predicted octanol–water partition coefficient (Wildman–Crippen LogP) is 5.98. The zero-order chi connectivity index (χ0) is 33.8. The number of alkyl halides is 3. The molecule has 3 aromatic carbocycles. The molecule has 2 aliphatic rings. The fourth-order valence-corrected chi connectivity index (χ4v) is 6.58. The van der Waals surface area contributed by atoms with Crippen molar-refractivity contribution in [3.05, 3.63) is 109 Å². The summed E-state index contributed by atoms with van der Waals surface area (Å²) in [5.41, 5.74) is 6.78. The maximum Gasteiger partial charge on any atom is 0.573 e. The molecule has 0 aliphatic carbocycles. The van der Waals surface area contributed by atoms with E-state index in [0.29, 0.717) is 26.2 Å². The summed E-state index contributed by atoms with van der Waals surface area (Å²) in [6.07, 6.45) is -2.65. The topological polar surface area (TPSA) is 68.6 Å². The van der Waals surface area contributed by atoms with Crippen molar-refractivity contribution >= 4 is 28.6 Å². The van der Waals surface area contributed by atoms with Gasteiger partial charge in [-0.3, -0.25) is 14.6 Å². The summed E-state index contributed by atoms with van der Waals surface area (Å²) in [4.78, 5) is 27.0. The molecule has 2 aliphatic heterocycles. The second kappa shape index (κ2) is 14.2. The van der Waals surface area contributed by atoms with Gasteiger partial charge in [-0.25, -0.2) is 4.98 Å². The minimum Gasteiger partial charge on any atom is -0.406 e. The fraction of sp³-hybridized carbons (Fsp3) is 0.297. The van der Waals surface area contributed by atoms with E-state index in [9.17, 15) is 18.0 Å². The normalized spacial score (nSPS) is 16.2. The Morgan fingerprint density at radius 2 is 1.33 bits per heavy atom. The van der Waals surface area contributed by atoms with Gasteiger partial charge in [-0.05, 0) is 60.7 Å². The fourth-order valence-electron chi connectivity index (χ4n) is 6.58. The number of amides is 1. The molecule has 0 unspecified atom stereocenters. The van der Waals surface area contributed by atoms with E-state index in [1.165, 1.54) is 17.8 Å². The number of nitrogens with one attached hydrogen (secondary N) is 1. The molecule has 12 heteroatoms. The highest BCUT2D eigenvalue weighted by molar-refractivity contribution is 5.92. The van der Waals surface area contributed by atoms with E-state index in [4.69, 9.17) is 4.98 Å². The lowest BCUT2D eigenvalue weighted by Crippen LogP contribution is -2.48. The molecule has 0 saturated carbocycles. The Hall–Kier alpha value is -5.07. The van der Waals surface area contributed by atoms with Crippen LogP contribution in [0.2, 0.25) is 0 Å². The number of ether oxygens (including phenoxy) is 1. The number of anilines is 3. The summed E-state index contributed by atoms with van der Waals surface area (Å²) >= 11 is 0. The zero-order valence-corrected chi connectivity index (χ0v) is 27.0. The lowest BCUT2D eigenvalue weighted by Gasteiger charge is -2.36. The number of halogens is 3. The van der Waals surface area contributed by atoms with Crippen LogP contribution >= 0.6 is 0 Å². The molecule has 7 rings (SSSR count). The van der Waals surface area contributed by atoms with Crippen LogP contribution in [0.1, 0.15) is 5.69 Å². The summed E-state index contributed by atoms with van der Waals surface area (Å²) in [7, 11) is 0. The number of nitrogens with zero attached hydrogens (tertiary/aromatic N) is 6. The van der Waals surface area contributed by atoms with Crippen molar-refractivity contribution in [3.8, 4) is 17.0 Å². The molecular formula is C37H38F3N7O2. The second-order valence-electron chi connectivity index (χ2n) is 12.4. The minimum atomic E-state index is -4.71. The third-order valence-electron chi connectivity index (χ3n) is 9.11. The maximum absolute atomic E-state index is 12.9. The Morgan fingerprint density at radius 3 is 1.98 bits per heavy atom. The van der Waals surface area contributed by atoms with E-state index in [-0.39, 0.29) is 18.2 Å². The van der Waals surface area contributed by atoms with Gasteiger partial charge in [-0.2, -0.15) is 0 Å². The van der Waals surface area contributed by atoms with E-state index < -0.39 is 6.36 Å². The molecule has 1 amide bonds. The van der Waals surface area contributed by atoms with Gasteiger partial charge in [0.2, 0.25) is 5.91 Å². The minimum absolute atomic E-state index is 0.0992. The first-order valence-corrected chi connectivity index (χ1v) is 16.5. The van der Waals surface area contributed by atoms with Gasteiger partial charge in [0.15, 0.2) is 0 Å². The lowest BCUT2D eigenvalue weighted by atomic mass is 10.1. The van der Waals surface area contributed by atoms with Gasteiger partial charge in [0.25, 0.3) is 0 Å². The molecule has 0 radical (unpaired) electrons. The summed E-state index contributed by atoms with van der Waals surface area (Å²) in [5.74, 6) is -0.343. The molecule has 0 atom stereocenters. The molecule has 5 aromatic rings. The molecule has 1 N–H and O–H groups in total. The number of hydrogen-bond acceptors (Lipinski definition) is 7. The van der Waals surface area contributed by atoms with Gasteiger partial charge in [-0.1, -0.05) is 36.4 Å². The highest BCUT2D eigenvalue weighted by atomic mass is 19.4. The Morgan fingerprint density at radius 1 is 0.714 bits per heavy atom. The van der Waals surface area contributed by atoms with E-state index in [1.54, 1.807) is 12.1 Å². The number of benzene rings is 3. The highest BCUT2D eigenvalue weighted by Crippen LogP contribution is 2.29. The van der Waals surface area contributed by atoms with Crippen molar-refractivity contribution in [2.45, 2.75) is 12.9 Å². The summed E-state index contributed by atoms with van der Waals surface area (Å²) in [6, 6.07) is 30.3. The van der Waals surface area contributed by atoms with Crippen LogP contribution in [0.5, 0.6) is 5.75 Å². The summed E-state index contributed by atoms with van der Waals surface area (Å²) < 4.78 is 43.5. The number of carbonyl (C=O) groups excluding carboxylic acids is 1. The largest absolute Gasteiger partial charge is 0.573 e. The Kier molecular flexibility index (Phi) is 9.41. The molecule has 4 heterocycles. The molecule has 254 valence electrons. The number of rotatable bonds is 9. The van der Waals surface area contributed by atoms with Gasteiger partial charge in [-0.15, -0.1) is 13.2 Å². The maximum atomic E-state index is 12.9. The SMILES string of the molecule is O=C(CN1CCN(c2ccc(OC(F)(F)F)cc2)CC1)Nc1ccc(-c2nc3ccccn3c2CN2CCN(c3ccccc3)CC2)cc1. The van der Waals surface area contributed by atoms with Crippen molar-refractivity contribution in [3.63, 3.8) is 0 Å². The Balaban J connectivity index is 0.938. The summed E-state index contributed by atoms with van der Waals surface area (Å²) in [6.45, 7) is 7.53. The van der Waals surface area contributed by atoms with Crippen LogP contribution in [0, 0.1) is 0 Å². The van der Waals surface area contributed by atoms with Crippen LogP contribution in [0.25, 0.3) is 16.9 Å². The van der Waals surface area contributed by atoms with E-state index in [2.05, 4.69) is 64.5 Å². The summed E-state index contributed by atoms with van der Waals surface area (Å²) in [5, 5.41) is 3.02. The lowest BCUT2D eigenvalue weighted by molar-refractivity contribution is -0.274. The Labute approximate surface area is 283 Å². The monoisotopic (exact) mass is 669 g/mol. The van der Waals surface area contributed by atoms with E-state index in [1.807, 2.05) is 48.5 Å². The van der Waals surface area contributed by atoms with Crippen LogP contribution in [0.15, 0.2) is 103 Å². The predicted molar refractivity (Wildman–Crippen MR) is 185 cm³/mol. The number of pyridine rings is 1. The molecular weight excluding hydrogens is 631 g/mol. The molecule has 2 saturated heterocycles. The molecule has 2 aromatic heterocycles. The molecule has 2 fully saturated rings. The number of para-hydroxylation sites is 1. The van der Waals surface area contributed by atoms with Crippen molar-refractivity contribution in [1.29, 1.82) is 0 Å². The van der Waals surface area contributed by atoms with Crippen molar-refractivity contribution in [2.75, 3.05) is 74.0 Å². The number of fused-ring (bicyclic) bond motifs is 1. The first kappa shape index (κ1) is 32.5. The second-order valence-corrected chi connectivity index (χ2v) is 12.4. The number of hydrogen-bond donors (Lipinski definition) is 1. The molecule has 49 heavy (non-hydrogen) atoms. The molecule has 0 bridgehead atoms. The number of piperazine rings is 2. The highest BCUT2D eigenvalue weighted by Gasteiger charge is 2.31. The van der Waals surface area contributed by atoms with E-state index >= 15 is 0 Å². The van der Waals surface area contributed by atoms with Crippen LogP contribution in [0.3, 0.4) is 0 Å². The Bertz CT molecular complexity index is 1850. The van der Waals surface area contributed by atoms with Gasteiger partial charge in [0.1, 0.15) is 11.4 Å². The van der Waals surface area contributed by atoms with Crippen molar-refractivity contribution in [1.82, 2.24) is 19.2 Å². The quantitative estimate of drug-likeness (QED) is 0.207. The third-order valence-corrected chi connectivity index (χ3v) is 9.11. The first-order valence-electron chi connectivity index (χ1n) is 16.5. The third kappa shape index (κ3) is 7.98. The van der Waals surface area contributed by atoms with Crippen molar-refractivity contribution < 1.29 is 22.7 Å².